The van der Waals surface area contributed by atoms with E-state index in [0.29, 0.717) is 18.2 Å². The minimum absolute atomic E-state index is 0.0295. The second-order valence-electron chi connectivity index (χ2n) is 9.93. The molecule has 35 heavy (non-hydrogen) atoms. The van der Waals surface area contributed by atoms with E-state index in [9.17, 15) is 9.59 Å². The van der Waals surface area contributed by atoms with E-state index in [4.69, 9.17) is 10.1 Å². The van der Waals surface area contributed by atoms with Crippen LogP contribution in [0.25, 0.3) is 11.3 Å². The number of aliphatic carboxylic acids is 1. The quantitative estimate of drug-likeness (QED) is 0.227. The molecular formula is C29H45N3O3. The van der Waals surface area contributed by atoms with Gasteiger partial charge in [0.25, 0.3) is 5.91 Å². The number of carboxylic acids is 1. The van der Waals surface area contributed by atoms with Crippen LogP contribution < -0.4 is 5.32 Å². The number of nitrogens with zero attached hydrogens (tertiary/aromatic N) is 2. The Bertz CT molecular complexity index is 890. The van der Waals surface area contributed by atoms with Gasteiger partial charge in [0.15, 0.2) is 0 Å². The van der Waals surface area contributed by atoms with E-state index < -0.39 is 5.97 Å². The molecule has 0 bridgehead atoms. The molecule has 1 heterocycles. The van der Waals surface area contributed by atoms with Crippen LogP contribution in [0.15, 0.2) is 30.3 Å². The number of nitrogens with one attached hydrogen (secondary N) is 1. The molecule has 2 N–H and O–H groups in total. The first-order chi connectivity index (χ1) is 16.9. The second-order valence-corrected chi connectivity index (χ2v) is 9.93. The molecule has 2 rings (SSSR count). The third-order valence-corrected chi connectivity index (χ3v) is 6.21. The molecule has 2 aromatic rings. The first-order valence-electron chi connectivity index (χ1n) is 13.6. The van der Waals surface area contributed by atoms with E-state index in [1.807, 2.05) is 30.3 Å². The standard InChI is InChI=1S/C29H45N3O3/c1-4-5-19-25-31-27(24-17-13-12-14-18-24)28(32(25)22-23(2)3)29(35)30-21-16-11-9-7-6-8-10-15-20-26(33)34/h12-14,17-18,23H,4-11,15-16,19-22H2,1-3H3,(H,30,35)(H,33,34). The van der Waals surface area contributed by atoms with Crippen LogP contribution in [0.2, 0.25) is 0 Å². The SMILES string of the molecule is CCCCc1nc(-c2ccccc2)c(C(=O)NCCCCCCCCCCC(=O)O)n1CC(C)C. The number of aryl methyl sites for hydroxylation is 1. The minimum Gasteiger partial charge on any atom is -0.481 e. The molecule has 194 valence electrons. The summed E-state index contributed by atoms with van der Waals surface area (Å²) in [5, 5.41) is 11.8. The Hall–Kier alpha value is -2.63. The van der Waals surface area contributed by atoms with Crippen molar-refractivity contribution < 1.29 is 14.7 Å². The minimum atomic E-state index is -0.702. The number of carbonyl (C=O) groups excluding carboxylic acids is 1. The van der Waals surface area contributed by atoms with Crippen LogP contribution in [-0.2, 0) is 17.8 Å². The summed E-state index contributed by atoms with van der Waals surface area (Å²) < 4.78 is 2.16. The molecule has 0 aliphatic carbocycles. The monoisotopic (exact) mass is 483 g/mol. The highest BCUT2D eigenvalue weighted by molar-refractivity contribution is 5.98. The lowest BCUT2D eigenvalue weighted by atomic mass is 10.1. The summed E-state index contributed by atoms with van der Waals surface area (Å²) in [7, 11) is 0. The second kappa shape index (κ2) is 16.1. The van der Waals surface area contributed by atoms with E-state index in [2.05, 4.69) is 30.7 Å². The molecule has 0 atom stereocenters. The number of benzene rings is 1. The average Bonchev–Trinajstić information content (AvgIpc) is 3.18. The van der Waals surface area contributed by atoms with Gasteiger partial charge >= 0.3 is 5.97 Å². The van der Waals surface area contributed by atoms with Crippen molar-refractivity contribution in [3.63, 3.8) is 0 Å². The van der Waals surface area contributed by atoms with Crippen LogP contribution in [0.4, 0.5) is 0 Å². The first kappa shape index (κ1) is 28.6. The summed E-state index contributed by atoms with van der Waals surface area (Å²) in [6.07, 6.45) is 11.7. The van der Waals surface area contributed by atoms with Crippen LogP contribution in [0, 0.1) is 5.92 Å². The Morgan fingerprint density at radius 1 is 0.943 bits per heavy atom. The molecule has 0 unspecified atom stereocenters. The van der Waals surface area contributed by atoms with Crippen LogP contribution in [0.1, 0.15) is 108 Å². The molecule has 0 saturated heterocycles. The van der Waals surface area contributed by atoms with E-state index in [1.54, 1.807) is 0 Å². The number of unbranched alkanes of at least 4 members (excludes halogenated alkanes) is 8. The number of hydrogen-bond donors (Lipinski definition) is 2. The van der Waals surface area contributed by atoms with Gasteiger partial charge in [0.2, 0.25) is 0 Å². The third-order valence-electron chi connectivity index (χ3n) is 6.21. The van der Waals surface area contributed by atoms with Gasteiger partial charge in [-0.2, -0.15) is 0 Å². The summed E-state index contributed by atoms with van der Waals surface area (Å²) in [5.74, 6) is 0.697. The van der Waals surface area contributed by atoms with Crippen molar-refractivity contribution in [3.8, 4) is 11.3 Å². The zero-order valence-electron chi connectivity index (χ0n) is 22.0. The Balaban J connectivity index is 1.93. The summed E-state index contributed by atoms with van der Waals surface area (Å²) in [5.41, 5.74) is 2.47. The Morgan fingerprint density at radius 2 is 1.57 bits per heavy atom. The highest BCUT2D eigenvalue weighted by atomic mass is 16.4. The van der Waals surface area contributed by atoms with Gasteiger partial charge in [0, 0.05) is 31.5 Å². The van der Waals surface area contributed by atoms with E-state index in [-0.39, 0.29) is 12.3 Å². The smallest absolute Gasteiger partial charge is 0.303 e. The maximum atomic E-state index is 13.4. The van der Waals surface area contributed by atoms with E-state index >= 15 is 0 Å². The zero-order valence-corrected chi connectivity index (χ0v) is 22.0. The fraction of sp³-hybridized carbons (Fsp3) is 0.621. The highest BCUT2D eigenvalue weighted by Gasteiger charge is 2.24. The molecular weight excluding hydrogens is 438 g/mol. The average molecular weight is 484 g/mol. The maximum absolute atomic E-state index is 13.4. The lowest BCUT2D eigenvalue weighted by Gasteiger charge is -2.15. The lowest BCUT2D eigenvalue weighted by Crippen LogP contribution is -2.28. The van der Waals surface area contributed by atoms with E-state index in [0.717, 1.165) is 87.8 Å². The van der Waals surface area contributed by atoms with Crippen molar-refractivity contribution in [1.82, 2.24) is 14.9 Å². The first-order valence-corrected chi connectivity index (χ1v) is 13.6. The van der Waals surface area contributed by atoms with Gasteiger partial charge < -0.3 is 15.0 Å². The molecule has 1 aromatic heterocycles. The zero-order chi connectivity index (χ0) is 25.5. The summed E-state index contributed by atoms with van der Waals surface area (Å²) in [4.78, 5) is 28.9. The molecule has 0 radical (unpaired) electrons. The fourth-order valence-electron chi connectivity index (χ4n) is 4.36. The van der Waals surface area contributed by atoms with Gasteiger partial charge in [-0.15, -0.1) is 0 Å². The maximum Gasteiger partial charge on any atom is 0.303 e. The number of hydrogen-bond acceptors (Lipinski definition) is 3. The van der Waals surface area contributed by atoms with Crippen LogP contribution in [-0.4, -0.2) is 33.1 Å². The van der Waals surface area contributed by atoms with Crippen molar-refractivity contribution >= 4 is 11.9 Å². The summed E-state index contributed by atoms with van der Waals surface area (Å²) in [6, 6.07) is 10.0. The lowest BCUT2D eigenvalue weighted by molar-refractivity contribution is -0.137. The molecule has 1 aromatic carbocycles. The van der Waals surface area contributed by atoms with Gasteiger partial charge in [-0.1, -0.05) is 96.0 Å². The Morgan fingerprint density at radius 3 is 2.17 bits per heavy atom. The number of carbonyl (C=O) groups is 2. The van der Waals surface area contributed by atoms with Gasteiger partial charge in [-0.05, 0) is 25.2 Å². The van der Waals surface area contributed by atoms with Gasteiger partial charge in [0.1, 0.15) is 17.2 Å². The summed E-state index contributed by atoms with van der Waals surface area (Å²) >= 11 is 0. The van der Waals surface area contributed by atoms with E-state index in [1.165, 1.54) is 6.42 Å². The molecule has 0 aliphatic rings. The molecule has 6 heteroatoms. The predicted molar refractivity (Wildman–Crippen MR) is 143 cm³/mol. The van der Waals surface area contributed by atoms with Crippen LogP contribution >= 0.6 is 0 Å². The molecule has 1 amide bonds. The Kier molecular flexibility index (Phi) is 13.2. The predicted octanol–water partition coefficient (Wildman–Crippen LogP) is 6.87. The number of carboxylic acid groups (broad SMARTS) is 1. The number of aromatic nitrogens is 2. The largest absolute Gasteiger partial charge is 0.481 e. The number of rotatable bonds is 18. The number of amides is 1. The van der Waals surface area contributed by atoms with Crippen LogP contribution in [0.3, 0.4) is 0 Å². The molecule has 0 aliphatic heterocycles. The topological polar surface area (TPSA) is 84.2 Å². The van der Waals surface area contributed by atoms with Gasteiger partial charge in [-0.3, -0.25) is 9.59 Å². The third kappa shape index (κ3) is 10.3. The van der Waals surface area contributed by atoms with Crippen molar-refractivity contribution in [2.75, 3.05) is 6.54 Å². The molecule has 6 nitrogen and oxygen atoms in total. The van der Waals surface area contributed by atoms with Crippen molar-refractivity contribution in [3.05, 3.63) is 41.9 Å². The van der Waals surface area contributed by atoms with Crippen LogP contribution in [0.5, 0.6) is 0 Å². The number of imidazole rings is 1. The summed E-state index contributed by atoms with van der Waals surface area (Å²) in [6.45, 7) is 8.00. The van der Waals surface area contributed by atoms with Gasteiger partial charge in [-0.25, -0.2) is 4.98 Å². The molecule has 0 fully saturated rings. The van der Waals surface area contributed by atoms with Gasteiger partial charge in [0.05, 0.1) is 0 Å². The normalized spacial score (nSPS) is 11.2. The fourth-order valence-corrected chi connectivity index (χ4v) is 4.36. The molecule has 0 saturated carbocycles. The van der Waals surface area contributed by atoms with Crippen molar-refractivity contribution in [2.45, 2.75) is 104 Å². The Labute approximate surface area is 211 Å². The highest BCUT2D eigenvalue weighted by Crippen LogP contribution is 2.26. The molecule has 0 spiro atoms. The van der Waals surface area contributed by atoms with Crippen molar-refractivity contribution in [1.29, 1.82) is 0 Å². The van der Waals surface area contributed by atoms with Crippen molar-refractivity contribution in [2.24, 2.45) is 5.92 Å².